The van der Waals surface area contributed by atoms with Crippen LogP contribution < -0.4 is 9.47 Å². The van der Waals surface area contributed by atoms with Gasteiger partial charge in [0.15, 0.2) is 23.2 Å². The van der Waals surface area contributed by atoms with Gasteiger partial charge < -0.3 is 33.9 Å². The third kappa shape index (κ3) is 4.63. The first-order chi connectivity index (χ1) is 18.8. The number of hydrogen-bond donors (Lipinski definition) is 2. The largest absolute Gasteiger partial charge is 0.497 e. The molecule has 1 unspecified atom stereocenters. The molecular weight excluding hydrogens is 494 g/mol. The fourth-order valence-corrected chi connectivity index (χ4v) is 6.38. The lowest BCUT2D eigenvalue weighted by atomic mass is 9.77. The van der Waals surface area contributed by atoms with Crippen molar-refractivity contribution in [1.29, 1.82) is 0 Å². The smallest absolute Gasteiger partial charge is 0.339 e. The summed E-state index contributed by atoms with van der Waals surface area (Å²) in [5.74, 6) is -0.812. The molecular formula is C28H37NO9. The van der Waals surface area contributed by atoms with E-state index >= 15 is 0 Å². The Morgan fingerprint density at radius 2 is 1.97 bits per heavy atom. The third-order valence-electron chi connectivity index (χ3n) is 8.30. The molecule has 1 fully saturated rings. The van der Waals surface area contributed by atoms with Crippen molar-refractivity contribution in [3.63, 3.8) is 0 Å². The number of carbonyl (C=O) groups excluding carboxylic acids is 2. The molecule has 0 saturated carbocycles. The highest BCUT2D eigenvalue weighted by Crippen LogP contribution is 2.55. The summed E-state index contributed by atoms with van der Waals surface area (Å²) in [5, 5.41) is 21.8. The van der Waals surface area contributed by atoms with Gasteiger partial charge in [-0.2, -0.15) is 0 Å². The number of ether oxygens (including phenoxy) is 5. The minimum Gasteiger partial charge on any atom is -0.497 e. The average molecular weight is 534 g/mol. The Balaban J connectivity index is 1.51. The summed E-state index contributed by atoms with van der Waals surface area (Å²) in [6, 6.07) is 3.92. The number of fused-ring (bicyclic) bond motifs is 3. The van der Waals surface area contributed by atoms with Gasteiger partial charge in [-0.15, -0.1) is 0 Å². The molecule has 1 spiro atoms. The number of carbonyl (C=O) groups is 2. The molecule has 1 saturated heterocycles. The second-order valence-corrected chi connectivity index (χ2v) is 11.3. The van der Waals surface area contributed by atoms with E-state index < -0.39 is 48.3 Å². The average Bonchev–Trinajstić information content (AvgIpc) is 3.55. The zero-order valence-corrected chi connectivity index (χ0v) is 22.0. The molecule has 2 N–H and O–H groups in total. The Morgan fingerprint density at radius 1 is 1.21 bits per heavy atom. The number of hydrogen-bond acceptors (Lipinski definition) is 10. The van der Waals surface area contributed by atoms with Crippen LogP contribution in [0.3, 0.4) is 0 Å². The van der Waals surface area contributed by atoms with Crippen LogP contribution in [0.25, 0.3) is 0 Å². The summed E-state index contributed by atoms with van der Waals surface area (Å²) >= 11 is 0. The van der Waals surface area contributed by atoms with Crippen LogP contribution in [-0.4, -0.2) is 84.0 Å². The highest BCUT2D eigenvalue weighted by molar-refractivity contribution is 5.86. The lowest BCUT2D eigenvalue weighted by Gasteiger charge is -2.39. The molecule has 208 valence electrons. The normalized spacial score (nSPS) is 28.2. The maximum absolute atomic E-state index is 13.8. The topological polar surface area (TPSA) is 124 Å². The molecule has 0 aromatic heterocycles. The van der Waals surface area contributed by atoms with Gasteiger partial charge in [0.05, 0.1) is 40.4 Å². The third-order valence-corrected chi connectivity index (χ3v) is 8.30. The van der Waals surface area contributed by atoms with Gasteiger partial charge in [0.25, 0.3) is 0 Å². The Labute approximate surface area is 225 Å². The van der Waals surface area contributed by atoms with Crippen molar-refractivity contribution in [2.75, 3.05) is 34.1 Å². The van der Waals surface area contributed by atoms with Gasteiger partial charge in [-0.1, -0.05) is 0 Å². The van der Waals surface area contributed by atoms with Gasteiger partial charge in [0.2, 0.25) is 6.79 Å². The van der Waals surface area contributed by atoms with Crippen LogP contribution in [-0.2, 0) is 30.2 Å². The first-order valence-corrected chi connectivity index (χ1v) is 13.0. The fourth-order valence-electron chi connectivity index (χ4n) is 6.38. The Bertz CT molecular complexity index is 1200. The van der Waals surface area contributed by atoms with E-state index in [0.29, 0.717) is 17.3 Å². The Kier molecular flexibility index (Phi) is 6.21. The van der Waals surface area contributed by atoms with Crippen LogP contribution in [0.4, 0.5) is 0 Å². The van der Waals surface area contributed by atoms with Gasteiger partial charge in [-0.25, -0.2) is 4.79 Å². The minimum absolute atomic E-state index is 0.0256. The quantitative estimate of drug-likeness (QED) is 0.481. The van der Waals surface area contributed by atoms with Crippen molar-refractivity contribution in [2.45, 2.75) is 81.1 Å². The monoisotopic (exact) mass is 533 g/mol. The summed E-state index contributed by atoms with van der Waals surface area (Å²) in [6.45, 7) is 4.83. The van der Waals surface area contributed by atoms with Crippen molar-refractivity contribution in [1.82, 2.24) is 4.90 Å². The highest BCUT2D eigenvalue weighted by atomic mass is 16.7. The molecule has 3 heterocycles. The maximum Gasteiger partial charge on any atom is 0.339 e. The number of esters is 2. The highest BCUT2D eigenvalue weighted by Gasteiger charge is 2.59. The number of nitrogens with zero attached hydrogens (tertiary/aromatic N) is 1. The van der Waals surface area contributed by atoms with Crippen LogP contribution in [0.15, 0.2) is 24.0 Å². The number of methoxy groups -OCH3 is 2. The predicted octanol–water partition coefficient (Wildman–Crippen LogP) is 2.19. The van der Waals surface area contributed by atoms with Crippen molar-refractivity contribution in [2.24, 2.45) is 0 Å². The summed E-state index contributed by atoms with van der Waals surface area (Å²) in [6.07, 6.45) is 2.49. The summed E-state index contributed by atoms with van der Waals surface area (Å²) in [4.78, 5) is 28.5. The van der Waals surface area contributed by atoms with Crippen LogP contribution in [0.2, 0.25) is 0 Å². The van der Waals surface area contributed by atoms with E-state index in [1.165, 1.54) is 21.0 Å². The van der Waals surface area contributed by atoms with Crippen LogP contribution >= 0.6 is 0 Å². The lowest BCUT2D eigenvalue weighted by molar-refractivity contribution is -0.179. The van der Waals surface area contributed by atoms with E-state index in [0.717, 1.165) is 43.5 Å². The van der Waals surface area contributed by atoms with E-state index in [9.17, 15) is 19.8 Å². The first kappa shape index (κ1) is 24.2. The molecule has 3 aliphatic heterocycles. The van der Waals surface area contributed by atoms with E-state index in [1.807, 2.05) is 18.2 Å². The molecule has 4 aliphatic rings. The second kappa shape index (κ2) is 9.73. The SMILES string of the molecule is [2H]C([2H])OC(=O)C[C@](O)(CCC(C)(C)O)C(=O)OC1C(OC)=C[C@@]23CCCN2CCc2cc4c(cc2[C@H]13)OCO4. The molecule has 0 radical (unpaired) electrons. The van der Waals surface area contributed by atoms with Gasteiger partial charge in [-0.3, -0.25) is 9.69 Å². The standard InChI is InChI=1S/C28H37NO9/c1-26(2,32)8-9-28(33,15-22(30)35-4)25(31)38-24-21(34-3)14-27-7-5-10-29(27)11-6-17-12-19-20(37-16-36-19)13-18(17)23(24)27/h12-14,23-24,32-33H,5-11,15-16H2,1-4H3/t23-,24?,27-,28-/m1/s1/i4D2. The van der Waals surface area contributed by atoms with Crippen molar-refractivity contribution in [3.05, 3.63) is 35.1 Å². The maximum atomic E-state index is 13.8. The Morgan fingerprint density at radius 3 is 2.68 bits per heavy atom. The lowest BCUT2D eigenvalue weighted by Crippen LogP contribution is -2.49. The molecule has 1 aromatic rings. The van der Waals surface area contributed by atoms with Crippen LogP contribution in [0, 0.1) is 0 Å². The molecule has 5 rings (SSSR count). The number of benzene rings is 1. The summed E-state index contributed by atoms with van der Waals surface area (Å²) in [5.41, 5.74) is -2.09. The number of rotatable bonds is 8. The van der Waals surface area contributed by atoms with Gasteiger partial charge in [0, 0.05) is 6.54 Å². The van der Waals surface area contributed by atoms with Crippen LogP contribution in [0.5, 0.6) is 11.5 Å². The van der Waals surface area contributed by atoms with Crippen LogP contribution in [0.1, 0.15) is 65.7 Å². The molecule has 1 aliphatic carbocycles. The molecule has 0 amide bonds. The fraction of sp³-hybridized carbons (Fsp3) is 0.643. The minimum atomic E-state index is -2.36. The zero-order chi connectivity index (χ0) is 28.9. The van der Waals surface area contributed by atoms with Gasteiger partial charge in [-0.05, 0) is 81.8 Å². The van der Waals surface area contributed by atoms with E-state index in [1.54, 1.807) is 0 Å². The molecule has 10 heteroatoms. The van der Waals surface area contributed by atoms with E-state index in [-0.39, 0.29) is 25.6 Å². The number of aliphatic hydroxyl groups is 2. The molecule has 38 heavy (non-hydrogen) atoms. The molecule has 0 bridgehead atoms. The van der Waals surface area contributed by atoms with E-state index in [2.05, 4.69) is 9.64 Å². The van der Waals surface area contributed by atoms with Gasteiger partial charge in [0.1, 0.15) is 5.76 Å². The molecule has 10 nitrogen and oxygen atoms in total. The molecule has 1 aromatic carbocycles. The first-order valence-electron chi connectivity index (χ1n) is 14.1. The molecule has 4 atom stereocenters. The zero-order valence-electron chi connectivity index (χ0n) is 24.0. The Hall–Kier alpha value is -2.82. The van der Waals surface area contributed by atoms with Crippen molar-refractivity contribution >= 4 is 11.9 Å². The van der Waals surface area contributed by atoms with Gasteiger partial charge >= 0.3 is 11.9 Å². The van der Waals surface area contributed by atoms with Crippen molar-refractivity contribution in [3.8, 4) is 11.5 Å². The van der Waals surface area contributed by atoms with Crippen molar-refractivity contribution < 1.29 is 46.2 Å². The predicted molar refractivity (Wildman–Crippen MR) is 135 cm³/mol. The van der Waals surface area contributed by atoms with E-state index in [4.69, 9.17) is 21.7 Å². The summed E-state index contributed by atoms with van der Waals surface area (Å²) < 4.78 is 42.2. The second-order valence-electron chi connectivity index (χ2n) is 11.3. The summed E-state index contributed by atoms with van der Waals surface area (Å²) in [7, 11) is -0.405.